The molecule has 2 aromatic rings. The van der Waals surface area contributed by atoms with E-state index in [0.717, 1.165) is 24.8 Å². The van der Waals surface area contributed by atoms with Crippen LogP contribution in [0.1, 0.15) is 46.0 Å². The number of aryl methyl sites for hydroxylation is 1. The average Bonchev–Trinajstić information content (AvgIpc) is 2.54. The van der Waals surface area contributed by atoms with Gasteiger partial charge in [-0.1, -0.05) is 43.7 Å². The van der Waals surface area contributed by atoms with Gasteiger partial charge in [-0.15, -0.1) is 0 Å². The van der Waals surface area contributed by atoms with Gasteiger partial charge in [-0.3, -0.25) is 0 Å². The highest BCUT2D eigenvalue weighted by Crippen LogP contribution is 2.22. The topological polar surface area (TPSA) is 63.6 Å². The SMILES string of the molecule is CCCCc1ccccc1OC(=O)c1ccccc1C(=O)O. The zero-order chi connectivity index (χ0) is 15.9. The fourth-order valence-electron chi connectivity index (χ4n) is 2.18. The van der Waals surface area contributed by atoms with Crippen LogP contribution < -0.4 is 4.74 Å². The number of hydrogen-bond acceptors (Lipinski definition) is 3. The van der Waals surface area contributed by atoms with Crippen molar-refractivity contribution in [3.05, 3.63) is 65.2 Å². The molecule has 0 aliphatic rings. The molecule has 0 radical (unpaired) electrons. The molecule has 22 heavy (non-hydrogen) atoms. The van der Waals surface area contributed by atoms with Gasteiger partial charge in [0.05, 0.1) is 11.1 Å². The van der Waals surface area contributed by atoms with Gasteiger partial charge < -0.3 is 9.84 Å². The van der Waals surface area contributed by atoms with E-state index in [1.54, 1.807) is 24.3 Å². The van der Waals surface area contributed by atoms with E-state index in [1.165, 1.54) is 12.1 Å². The van der Waals surface area contributed by atoms with E-state index in [9.17, 15) is 9.59 Å². The van der Waals surface area contributed by atoms with Crippen LogP contribution in [0.25, 0.3) is 0 Å². The van der Waals surface area contributed by atoms with Crippen molar-refractivity contribution in [3.63, 3.8) is 0 Å². The van der Waals surface area contributed by atoms with Crippen LogP contribution in [0.2, 0.25) is 0 Å². The lowest BCUT2D eigenvalue weighted by Crippen LogP contribution is -2.14. The van der Waals surface area contributed by atoms with Gasteiger partial charge in [-0.05, 0) is 36.6 Å². The standard InChI is InChI=1S/C18H18O4/c1-2-3-8-13-9-4-7-12-16(13)22-18(21)15-11-6-5-10-14(15)17(19)20/h4-7,9-12H,2-3,8H2,1H3,(H,19,20). The number of unbranched alkanes of at least 4 members (excludes halogenated alkanes) is 1. The normalized spacial score (nSPS) is 10.2. The van der Waals surface area contributed by atoms with Gasteiger partial charge in [-0.25, -0.2) is 9.59 Å². The summed E-state index contributed by atoms with van der Waals surface area (Å²) in [5.74, 6) is -1.31. The average molecular weight is 298 g/mol. The molecule has 4 heteroatoms. The third-order valence-corrected chi connectivity index (χ3v) is 3.35. The second kappa shape index (κ2) is 7.41. The fourth-order valence-corrected chi connectivity index (χ4v) is 2.18. The molecular formula is C18H18O4. The van der Waals surface area contributed by atoms with Gasteiger partial charge in [-0.2, -0.15) is 0 Å². The maximum absolute atomic E-state index is 12.3. The van der Waals surface area contributed by atoms with Crippen LogP contribution >= 0.6 is 0 Å². The summed E-state index contributed by atoms with van der Waals surface area (Å²) in [6, 6.07) is 13.4. The summed E-state index contributed by atoms with van der Waals surface area (Å²) in [6.07, 6.45) is 2.87. The molecule has 0 saturated heterocycles. The first kappa shape index (κ1) is 15.8. The molecule has 0 aliphatic carbocycles. The number of carboxylic acids is 1. The summed E-state index contributed by atoms with van der Waals surface area (Å²) in [5, 5.41) is 9.14. The van der Waals surface area contributed by atoms with Crippen molar-refractivity contribution in [3.8, 4) is 5.75 Å². The second-order valence-corrected chi connectivity index (χ2v) is 4.95. The summed E-state index contributed by atoms with van der Waals surface area (Å²) in [5.41, 5.74) is 0.948. The van der Waals surface area contributed by atoms with E-state index in [1.807, 2.05) is 12.1 Å². The van der Waals surface area contributed by atoms with Crippen molar-refractivity contribution in [2.24, 2.45) is 0 Å². The molecule has 0 aromatic heterocycles. The molecule has 114 valence electrons. The number of rotatable bonds is 6. The number of carboxylic acid groups (broad SMARTS) is 1. The first-order valence-electron chi connectivity index (χ1n) is 7.26. The van der Waals surface area contributed by atoms with Gasteiger partial charge >= 0.3 is 11.9 Å². The molecule has 1 N–H and O–H groups in total. The summed E-state index contributed by atoms with van der Waals surface area (Å²) in [6.45, 7) is 2.09. The van der Waals surface area contributed by atoms with Gasteiger partial charge in [0.1, 0.15) is 5.75 Å². The minimum Gasteiger partial charge on any atom is -0.478 e. The molecule has 0 bridgehead atoms. The van der Waals surface area contributed by atoms with Crippen molar-refractivity contribution in [2.45, 2.75) is 26.2 Å². The zero-order valence-electron chi connectivity index (χ0n) is 12.4. The third kappa shape index (κ3) is 3.73. The predicted octanol–water partition coefficient (Wildman–Crippen LogP) is 3.95. The molecule has 0 heterocycles. The lowest BCUT2D eigenvalue weighted by Gasteiger charge is -2.10. The van der Waals surface area contributed by atoms with E-state index in [2.05, 4.69) is 6.92 Å². The van der Waals surface area contributed by atoms with Crippen molar-refractivity contribution >= 4 is 11.9 Å². The van der Waals surface area contributed by atoms with Gasteiger partial charge in [0.15, 0.2) is 0 Å². The Morgan fingerprint density at radius 2 is 1.64 bits per heavy atom. The van der Waals surface area contributed by atoms with Gasteiger partial charge in [0.25, 0.3) is 0 Å². The number of carbonyl (C=O) groups is 2. The Hall–Kier alpha value is -2.62. The van der Waals surface area contributed by atoms with E-state index < -0.39 is 11.9 Å². The Balaban J connectivity index is 2.25. The van der Waals surface area contributed by atoms with Crippen LogP contribution in [-0.2, 0) is 6.42 Å². The van der Waals surface area contributed by atoms with E-state index >= 15 is 0 Å². The molecule has 0 saturated carbocycles. The number of ether oxygens (including phenoxy) is 1. The van der Waals surface area contributed by atoms with Crippen molar-refractivity contribution in [1.82, 2.24) is 0 Å². The molecule has 0 unspecified atom stereocenters. The number of aromatic carboxylic acids is 1. The number of benzene rings is 2. The first-order valence-corrected chi connectivity index (χ1v) is 7.26. The number of para-hydroxylation sites is 1. The maximum Gasteiger partial charge on any atom is 0.344 e. The molecular weight excluding hydrogens is 280 g/mol. The number of hydrogen-bond donors (Lipinski definition) is 1. The molecule has 4 nitrogen and oxygen atoms in total. The van der Waals surface area contributed by atoms with Crippen molar-refractivity contribution in [1.29, 1.82) is 0 Å². The third-order valence-electron chi connectivity index (χ3n) is 3.35. The van der Waals surface area contributed by atoms with E-state index in [4.69, 9.17) is 9.84 Å². The molecule has 0 spiro atoms. The smallest absolute Gasteiger partial charge is 0.344 e. The molecule has 0 fully saturated rings. The van der Waals surface area contributed by atoms with Crippen LogP contribution in [-0.4, -0.2) is 17.0 Å². The Morgan fingerprint density at radius 3 is 2.32 bits per heavy atom. The van der Waals surface area contributed by atoms with Crippen molar-refractivity contribution < 1.29 is 19.4 Å². The summed E-state index contributed by atoms with van der Waals surface area (Å²) in [4.78, 5) is 23.5. The Labute approximate surface area is 129 Å². The molecule has 2 aromatic carbocycles. The summed E-state index contributed by atoms with van der Waals surface area (Å²) in [7, 11) is 0. The quantitative estimate of drug-likeness (QED) is 0.648. The van der Waals surface area contributed by atoms with Gasteiger partial charge in [0.2, 0.25) is 0 Å². The highest BCUT2D eigenvalue weighted by atomic mass is 16.5. The molecule has 0 amide bonds. The lowest BCUT2D eigenvalue weighted by molar-refractivity contribution is 0.0667. The Kier molecular flexibility index (Phi) is 5.31. The zero-order valence-corrected chi connectivity index (χ0v) is 12.4. The van der Waals surface area contributed by atoms with Crippen LogP contribution in [0.5, 0.6) is 5.75 Å². The Bertz CT molecular complexity index is 676. The van der Waals surface area contributed by atoms with E-state index in [-0.39, 0.29) is 11.1 Å². The summed E-state index contributed by atoms with van der Waals surface area (Å²) < 4.78 is 5.42. The molecule has 2 rings (SSSR count). The van der Waals surface area contributed by atoms with Crippen LogP contribution in [0.4, 0.5) is 0 Å². The largest absolute Gasteiger partial charge is 0.478 e. The highest BCUT2D eigenvalue weighted by molar-refractivity contribution is 6.03. The fraction of sp³-hybridized carbons (Fsp3) is 0.222. The van der Waals surface area contributed by atoms with Crippen LogP contribution in [0.15, 0.2) is 48.5 Å². The molecule has 0 aliphatic heterocycles. The van der Waals surface area contributed by atoms with Gasteiger partial charge in [0, 0.05) is 0 Å². The minimum atomic E-state index is -1.15. The van der Waals surface area contributed by atoms with Crippen LogP contribution in [0, 0.1) is 0 Å². The Morgan fingerprint density at radius 1 is 1.00 bits per heavy atom. The summed E-state index contributed by atoms with van der Waals surface area (Å²) >= 11 is 0. The predicted molar refractivity (Wildman–Crippen MR) is 83.4 cm³/mol. The number of carbonyl (C=O) groups excluding carboxylic acids is 1. The van der Waals surface area contributed by atoms with Crippen molar-refractivity contribution in [2.75, 3.05) is 0 Å². The number of esters is 1. The maximum atomic E-state index is 12.3. The molecule has 0 atom stereocenters. The van der Waals surface area contributed by atoms with E-state index in [0.29, 0.717) is 5.75 Å². The second-order valence-electron chi connectivity index (χ2n) is 4.95. The monoisotopic (exact) mass is 298 g/mol. The lowest BCUT2D eigenvalue weighted by atomic mass is 10.1. The first-order chi connectivity index (χ1) is 10.6. The van der Waals surface area contributed by atoms with Crippen LogP contribution in [0.3, 0.4) is 0 Å². The minimum absolute atomic E-state index is 0.0558. The highest BCUT2D eigenvalue weighted by Gasteiger charge is 2.18.